The molecule has 0 saturated heterocycles. The first-order valence-electron chi connectivity index (χ1n) is 8.01. The molecule has 1 heterocycles. The van der Waals surface area contributed by atoms with Crippen LogP contribution in [0, 0.1) is 6.92 Å². The summed E-state index contributed by atoms with van der Waals surface area (Å²) in [5.41, 5.74) is 2.77. The van der Waals surface area contributed by atoms with Gasteiger partial charge in [-0.3, -0.25) is 0 Å². The maximum atomic E-state index is 12.5. The van der Waals surface area contributed by atoms with Crippen molar-refractivity contribution in [2.24, 2.45) is 0 Å². The summed E-state index contributed by atoms with van der Waals surface area (Å²) >= 11 is 0. The van der Waals surface area contributed by atoms with Gasteiger partial charge in [-0.05, 0) is 24.6 Å². The molecule has 25 heavy (non-hydrogen) atoms. The van der Waals surface area contributed by atoms with Crippen LogP contribution in [-0.4, -0.2) is 24.8 Å². The zero-order valence-electron chi connectivity index (χ0n) is 14.2. The van der Waals surface area contributed by atoms with E-state index in [4.69, 9.17) is 14.0 Å². The number of hydrogen-bond donors (Lipinski definition) is 0. The van der Waals surface area contributed by atoms with Crippen molar-refractivity contribution in [1.82, 2.24) is 5.16 Å². The van der Waals surface area contributed by atoms with Gasteiger partial charge in [0.25, 0.3) is 0 Å². The van der Waals surface area contributed by atoms with Crippen LogP contribution < -0.4 is 4.74 Å². The van der Waals surface area contributed by atoms with E-state index in [2.05, 4.69) is 5.16 Å². The Morgan fingerprint density at radius 3 is 2.48 bits per heavy atom. The van der Waals surface area contributed by atoms with Gasteiger partial charge < -0.3 is 14.0 Å². The molecule has 0 unspecified atom stereocenters. The highest BCUT2D eigenvalue weighted by molar-refractivity contribution is 5.97. The standard InChI is InChI=1S/C20H19NO4/c1-14-18(19(21-25-14)16-6-4-3-5-7-16)20(22)24-13-12-15-8-10-17(23-2)11-9-15/h3-11H,12-13H2,1-2H3. The van der Waals surface area contributed by atoms with Crippen molar-refractivity contribution in [2.45, 2.75) is 13.3 Å². The first kappa shape index (κ1) is 16.8. The average Bonchev–Trinajstić information content (AvgIpc) is 3.04. The van der Waals surface area contributed by atoms with E-state index in [1.807, 2.05) is 54.6 Å². The molecule has 0 spiro atoms. The molecule has 0 radical (unpaired) electrons. The van der Waals surface area contributed by atoms with Gasteiger partial charge in [0.15, 0.2) is 0 Å². The highest BCUT2D eigenvalue weighted by atomic mass is 16.5. The number of methoxy groups -OCH3 is 1. The minimum absolute atomic E-state index is 0.282. The number of aryl methyl sites for hydroxylation is 1. The fraction of sp³-hybridized carbons (Fsp3) is 0.200. The number of carbonyl (C=O) groups is 1. The molecule has 2 aromatic carbocycles. The summed E-state index contributed by atoms with van der Waals surface area (Å²) in [6.45, 7) is 1.99. The average molecular weight is 337 g/mol. The summed E-state index contributed by atoms with van der Waals surface area (Å²) < 4.78 is 15.7. The first-order valence-corrected chi connectivity index (χ1v) is 8.01. The summed E-state index contributed by atoms with van der Waals surface area (Å²) in [6.07, 6.45) is 0.626. The zero-order valence-corrected chi connectivity index (χ0v) is 14.2. The van der Waals surface area contributed by atoms with Gasteiger partial charge in [-0.2, -0.15) is 0 Å². The monoisotopic (exact) mass is 337 g/mol. The minimum Gasteiger partial charge on any atom is -0.497 e. The van der Waals surface area contributed by atoms with Crippen LogP contribution in [0.5, 0.6) is 5.75 Å². The van der Waals surface area contributed by atoms with E-state index in [0.717, 1.165) is 16.9 Å². The fourth-order valence-corrected chi connectivity index (χ4v) is 2.53. The van der Waals surface area contributed by atoms with E-state index in [0.29, 0.717) is 23.4 Å². The van der Waals surface area contributed by atoms with E-state index in [-0.39, 0.29) is 6.61 Å². The van der Waals surface area contributed by atoms with Crippen LogP contribution in [0.3, 0.4) is 0 Å². The van der Waals surface area contributed by atoms with Gasteiger partial charge in [-0.25, -0.2) is 4.79 Å². The van der Waals surface area contributed by atoms with Crippen molar-refractivity contribution in [3.63, 3.8) is 0 Å². The molecule has 0 atom stereocenters. The lowest BCUT2D eigenvalue weighted by molar-refractivity contribution is 0.0508. The zero-order chi connectivity index (χ0) is 17.6. The summed E-state index contributed by atoms with van der Waals surface area (Å²) in [5.74, 6) is 0.827. The Morgan fingerprint density at radius 1 is 1.08 bits per heavy atom. The third-order valence-corrected chi connectivity index (χ3v) is 3.90. The van der Waals surface area contributed by atoms with Gasteiger partial charge in [0.2, 0.25) is 0 Å². The third kappa shape index (κ3) is 3.88. The van der Waals surface area contributed by atoms with Crippen LogP contribution in [0.4, 0.5) is 0 Å². The Morgan fingerprint density at radius 2 is 1.80 bits per heavy atom. The van der Waals surface area contributed by atoms with Gasteiger partial charge >= 0.3 is 5.97 Å². The molecule has 0 saturated carbocycles. The van der Waals surface area contributed by atoms with E-state index in [1.54, 1.807) is 14.0 Å². The molecule has 5 heteroatoms. The maximum absolute atomic E-state index is 12.5. The summed E-state index contributed by atoms with van der Waals surface area (Å²) in [6, 6.07) is 17.1. The molecule has 3 aromatic rings. The Labute approximate surface area is 146 Å². The smallest absolute Gasteiger partial charge is 0.344 e. The lowest BCUT2D eigenvalue weighted by Crippen LogP contribution is -2.09. The predicted molar refractivity (Wildman–Crippen MR) is 93.7 cm³/mol. The van der Waals surface area contributed by atoms with E-state index in [1.165, 1.54) is 0 Å². The molecular weight excluding hydrogens is 318 g/mol. The number of ether oxygens (including phenoxy) is 2. The van der Waals surface area contributed by atoms with Crippen LogP contribution >= 0.6 is 0 Å². The number of benzene rings is 2. The Balaban J connectivity index is 1.66. The van der Waals surface area contributed by atoms with Crippen LogP contribution in [0.1, 0.15) is 21.7 Å². The Bertz CT molecular complexity index is 838. The van der Waals surface area contributed by atoms with E-state index < -0.39 is 5.97 Å². The number of esters is 1. The molecule has 128 valence electrons. The number of rotatable bonds is 6. The SMILES string of the molecule is COc1ccc(CCOC(=O)c2c(-c3ccccc3)noc2C)cc1. The van der Waals surface area contributed by atoms with Crippen molar-refractivity contribution >= 4 is 5.97 Å². The first-order chi connectivity index (χ1) is 12.2. The quantitative estimate of drug-likeness (QED) is 0.635. The normalized spacial score (nSPS) is 10.5. The molecule has 0 amide bonds. The topological polar surface area (TPSA) is 61.6 Å². The van der Waals surface area contributed by atoms with Gasteiger partial charge in [0, 0.05) is 12.0 Å². The summed E-state index contributed by atoms with van der Waals surface area (Å²) in [4.78, 5) is 12.5. The molecule has 0 bridgehead atoms. The van der Waals surface area contributed by atoms with E-state index >= 15 is 0 Å². The van der Waals surface area contributed by atoms with Gasteiger partial charge in [0.1, 0.15) is 22.8 Å². The van der Waals surface area contributed by atoms with Crippen LogP contribution in [0.25, 0.3) is 11.3 Å². The molecular formula is C20H19NO4. The lowest BCUT2D eigenvalue weighted by atomic mass is 10.1. The van der Waals surface area contributed by atoms with Crippen LogP contribution in [0.2, 0.25) is 0 Å². The van der Waals surface area contributed by atoms with Gasteiger partial charge in [-0.15, -0.1) is 0 Å². The predicted octanol–water partition coefficient (Wildman–Crippen LogP) is 4.06. The highest BCUT2D eigenvalue weighted by Crippen LogP contribution is 2.25. The van der Waals surface area contributed by atoms with E-state index in [9.17, 15) is 4.79 Å². The molecule has 1 aromatic heterocycles. The number of nitrogens with zero attached hydrogens (tertiary/aromatic N) is 1. The molecule has 0 aliphatic rings. The second-order valence-electron chi connectivity index (χ2n) is 5.56. The molecule has 0 N–H and O–H groups in total. The molecule has 0 aliphatic heterocycles. The maximum Gasteiger partial charge on any atom is 0.344 e. The second kappa shape index (κ2) is 7.66. The Kier molecular flexibility index (Phi) is 5.14. The van der Waals surface area contributed by atoms with Crippen molar-refractivity contribution in [3.8, 4) is 17.0 Å². The summed E-state index contributed by atoms with van der Waals surface area (Å²) in [7, 11) is 1.63. The lowest BCUT2D eigenvalue weighted by Gasteiger charge is -2.06. The third-order valence-electron chi connectivity index (χ3n) is 3.90. The molecule has 3 rings (SSSR count). The number of carbonyl (C=O) groups excluding carboxylic acids is 1. The van der Waals surface area contributed by atoms with Crippen molar-refractivity contribution in [2.75, 3.05) is 13.7 Å². The van der Waals surface area contributed by atoms with Crippen molar-refractivity contribution < 1.29 is 18.8 Å². The van der Waals surface area contributed by atoms with Crippen molar-refractivity contribution in [1.29, 1.82) is 0 Å². The molecule has 0 fully saturated rings. The largest absolute Gasteiger partial charge is 0.497 e. The van der Waals surface area contributed by atoms with Crippen LogP contribution in [0.15, 0.2) is 59.1 Å². The van der Waals surface area contributed by atoms with Gasteiger partial charge in [0.05, 0.1) is 13.7 Å². The Hall–Kier alpha value is -3.08. The highest BCUT2D eigenvalue weighted by Gasteiger charge is 2.22. The molecule has 0 aliphatic carbocycles. The van der Waals surface area contributed by atoms with Crippen LogP contribution in [-0.2, 0) is 11.2 Å². The number of aromatic nitrogens is 1. The minimum atomic E-state index is -0.425. The second-order valence-corrected chi connectivity index (χ2v) is 5.56. The summed E-state index contributed by atoms with van der Waals surface area (Å²) in [5, 5.41) is 4.00. The molecule has 5 nitrogen and oxygen atoms in total. The fourth-order valence-electron chi connectivity index (χ4n) is 2.53. The number of hydrogen-bond acceptors (Lipinski definition) is 5. The van der Waals surface area contributed by atoms with Gasteiger partial charge in [-0.1, -0.05) is 47.6 Å². The van der Waals surface area contributed by atoms with Crippen molar-refractivity contribution in [3.05, 3.63) is 71.5 Å².